The number of nitrogens with one attached hydrogen (secondary N) is 1. The molecule has 2 rings (SSSR count). The first-order chi connectivity index (χ1) is 6.27. The highest BCUT2D eigenvalue weighted by Crippen LogP contribution is 2.30. The number of hydrogen-bond acceptors (Lipinski definition) is 4. The Balaban J connectivity index is 2.05. The minimum absolute atomic E-state index is 0.539. The molecule has 0 radical (unpaired) electrons. The zero-order valence-corrected chi connectivity index (χ0v) is 7.70. The maximum absolute atomic E-state index is 5.71. The highest BCUT2D eigenvalue weighted by molar-refractivity contribution is 5.59. The van der Waals surface area contributed by atoms with E-state index in [9.17, 15) is 0 Å². The first-order valence-corrected chi connectivity index (χ1v) is 4.59. The van der Waals surface area contributed by atoms with Crippen molar-refractivity contribution in [1.29, 1.82) is 0 Å². The molecule has 1 aliphatic carbocycles. The lowest BCUT2D eigenvalue weighted by Gasteiger charge is -2.34. The van der Waals surface area contributed by atoms with Crippen LogP contribution < -0.4 is 11.1 Å². The van der Waals surface area contributed by atoms with Gasteiger partial charge >= 0.3 is 0 Å². The number of aromatic nitrogens is 2. The van der Waals surface area contributed by atoms with Crippen LogP contribution in [-0.2, 0) is 0 Å². The van der Waals surface area contributed by atoms with E-state index in [1.54, 1.807) is 6.20 Å². The average Bonchev–Trinajstić information content (AvgIpc) is 2.14. The summed E-state index contributed by atoms with van der Waals surface area (Å²) in [6, 6.07) is 0.539. The Morgan fingerprint density at radius 3 is 2.92 bits per heavy atom. The third-order valence-electron chi connectivity index (χ3n) is 2.68. The van der Waals surface area contributed by atoms with Gasteiger partial charge in [-0.15, -0.1) is 0 Å². The summed E-state index contributed by atoms with van der Waals surface area (Å²) >= 11 is 0. The van der Waals surface area contributed by atoms with Crippen molar-refractivity contribution < 1.29 is 0 Å². The van der Waals surface area contributed by atoms with E-state index in [0.29, 0.717) is 11.7 Å². The fourth-order valence-corrected chi connectivity index (χ4v) is 1.52. The second-order valence-corrected chi connectivity index (χ2v) is 3.63. The monoisotopic (exact) mass is 178 g/mol. The number of nitrogens with two attached hydrogens (primary N) is 1. The third kappa shape index (κ3) is 1.56. The molecule has 0 aliphatic heterocycles. The number of nitrogen functional groups attached to an aromatic ring is 1. The van der Waals surface area contributed by atoms with Gasteiger partial charge in [0.1, 0.15) is 6.33 Å². The summed E-state index contributed by atoms with van der Waals surface area (Å²) < 4.78 is 0. The molecule has 2 unspecified atom stereocenters. The van der Waals surface area contributed by atoms with Gasteiger partial charge in [0.05, 0.1) is 11.9 Å². The molecule has 4 heteroatoms. The molecular weight excluding hydrogens is 164 g/mol. The van der Waals surface area contributed by atoms with Crippen LogP contribution in [-0.4, -0.2) is 16.0 Å². The van der Waals surface area contributed by atoms with E-state index in [1.165, 1.54) is 19.2 Å². The van der Waals surface area contributed by atoms with Crippen molar-refractivity contribution in [1.82, 2.24) is 9.97 Å². The Hall–Kier alpha value is -1.32. The van der Waals surface area contributed by atoms with Crippen LogP contribution in [0.1, 0.15) is 19.8 Å². The summed E-state index contributed by atoms with van der Waals surface area (Å²) in [5.74, 6) is 1.50. The van der Waals surface area contributed by atoms with Gasteiger partial charge in [-0.05, 0) is 18.8 Å². The van der Waals surface area contributed by atoms with Gasteiger partial charge in [-0.1, -0.05) is 6.92 Å². The highest BCUT2D eigenvalue weighted by atomic mass is 15.1. The predicted octanol–water partition coefficient (Wildman–Crippen LogP) is 1.27. The van der Waals surface area contributed by atoms with Crippen molar-refractivity contribution in [3.8, 4) is 0 Å². The molecule has 1 aromatic heterocycles. The number of nitrogens with zero attached hydrogens (tertiary/aromatic N) is 2. The van der Waals surface area contributed by atoms with Crippen molar-refractivity contribution in [2.24, 2.45) is 5.92 Å². The number of anilines is 2. The number of hydrogen-bond donors (Lipinski definition) is 2. The summed E-state index contributed by atoms with van der Waals surface area (Å²) in [5, 5.41) is 3.32. The molecule has 4 nitrogen and oxygen atoms in total. The lowest BCUT2D eigenvalue weighted by atomic mass is 9.81. The van der Waals surface area contributed by atoms with Crippen molar-refractivity contribution in [2.45, 2.75) is 25.8 Å². The van der Waals surface area contributed by atoms with Crippen molar-refractivity contribution in [2.75, 3.05) is 11.1 Å². The second kappa shape index (κ2) is 3.20. The van der Waals surface area contributed by atoms with Crippen LogP contribution in [0.25, 0.3) is 0 Å². The maximum atomic E-state index is 5.71. The molecule has 2 atom stereocenters. The largest absolute Gasteiger partial charge is 0.394 e. The summed E-state index contributed by atoms with van der Waals surface area (Å²) in [6.07, 6.45) is 5.65. The van der Waals surface area contributed by atoms with Gasteiger partial charge in [-0.25, -0.2) is 9.97 Å². The smallest absolute Gasteiger partial charge is 0.152 e. The lowest BCUT2D eigenvalue weighted by molar-refractivity contribution is 0.303. The molecule has 0 spiro atoms. The Morgan fingerprint density at radius 2 is 2.38 bits per heavy atom. The van der Waals surface area contributed by atoms with Crippen LogP contribution in [0.2, 0.25) is 0 Å². The van der Waals surface area contributed by atoms with Gasteiger partial charge in [0.15, 0.2) is 5.82 Å². The molecule has 1 fully saturated rings. The molecule has 1 saturated carbocycles. The minimum Gasteiger partial charge on any atom is -0.394 e. The topological polar surface area (TPSA) is 63.8 Å². The first kappa shape index (κ1) is 8.29. The van der Waals surface area contributed by atoms with E-state index in [1.807, 2.05) is 0 Å². The van der Waals surface area contributed by atoms with Crippen LogP contribution in [0.4, 0.5) is 11.5 Å². The first-order valence-electron chi connectivity index (χ1n) is 4.59. The van der Waals surface area contributed by atoms with Crippen molar-refractivity contribution in [3.05, 3.63) is 12.5 Å². The molecule has 0 aromatic carbocycles. The van der Waals surface area contributed by atoms with Gasteiger partial charge in [-0.3, -0.25) is 0 Å². The molecule has 13 heavy (non-hydrogen) atoms. The van der Waals surface area contributed by atoms with E-state index >= 15 is 0 Å². The molecule has 3 N–H and O–H groups in total. The van der Waals surface area contributed by atoms with E-state index in [2.05, 4.69) is 22.2 Å². The summed E-state index contributed by atoms with van der Waals surface area (Å²) in [7, 11) is 0. The van der Waals surface area contributed by atoms with Gasteiger partial charge in [0.2, 0.25) is 0 Å². The molecule has 1 aliphatic rings. The highest BCUT2D eigenvalue weighted by Gasteiger charge is 2.26. The summed E-state index contributed by atoms with van der Waals surface area (Å²) in [4.78, 5) is 7.93. The Morgan fingerprint density at radius 1 is 1.54 bits per heavy atom. The molecule has 1 heterocycles. The normalized spacial score (nSPS) is 26.5. The van der Waals surface area contributed by atoms with Gasteiger partial charge in [-0.2, -0.15) is 0 Å². The van der Waals surface area contributed by atoms with Crippen LogP contribution >= 0.6 is 0 Å². The third-order valence-corrected chi connectivity index (χ3v) is 2.68. The lowest BCUT2D eigenvalue weighted by Crippen LogP contribution is -2.36. The summed E-state index contributed by atoms with van der Waals surface area (Å²) in [5.41, 5.74) is 6.33. The Bertz CT molecular complexity index is 299. The Kier molecular flexibility index (Phi) is 2.04. The van der Waals surface area contributed by atoms with Gasteiger partial charge in [0.25, 0.3) is 0 Å². The summed E-state index contributed by atoms with van der Waals surface area (Å²) in [6.45, 7) is 2.23. The van der Waals surface area contributed by atoms with Gasteiger partial charge in [0, 0.05) is 6.04 Å². The fraction of sp³-hybridized carbons (Fsp3) is 0.556. The zero-order chi connectivity index (χ0) is 9.26. The number of rotatable bonds is 2. The SMILES string of the molecule is CC1CCC1Nc1ncncc1N. The van der Waals surface area contributed by atoms with Crippen molar-refractivity contribution in [3.63, 3.8) is 0 Å². The molecule has 0 amide bonds. The van der Waals surface area contributed by atoms with Crippen LogP contribution in [0.3, 0.4) is 0 Å². The van der Waals surface area contributed by atoms with Crippen LogP contribution in [0.15, 0.2) is 12.5 Å². The van der Waals surface area contributed by atoms with Crippen LogP contribution in [0, 0.1) is 5.92 Å². The average molecular weight is 178 g/mol. The molecular formula is C9H14N4. The van der Waals surface area contributed by atoms with E-state index in [4.69, 9.17) is 5.73 Å². The minimum atomic E-state index is 0.539. The van der Waals surface area contributed by atoms with E-state index in [0.717, 1.165) is 11.7 Å². The second-order valence-electron chi connectivity index (χ2n) is 3.63. The van der Waals surface area contributed by atoms with E-state index in [-0.39, 0.29) is 0 Å². The molecule has 1 aromatic rings. The Labute approximate surface area is 77.6 Å². The molecule has 0 saturated heterocycles. The van der Waals surface area contributed by atoms with Gasteiger partial charge < -0.3 is 11.1 Å². The van der Waals surface area contributed by atoms with Crippen LogP contribution in [0.5, 0.6) is 0 Å². The van der Waals surface area contributed by atoms with E-state index < -0.39 is 0 Å². The standard InChI is InChI=1S/C9H14N4/c1-6-2-3-8(6)13-9-7(10)4-11-5-12-9/h4-6,8H,2-3,10H2,1H3,(H,11,12,13). The maximum Gasteiger partial charge on any atom is 0.152 e. The fourth-order valence-electron chi connectivity index (χ4n) is 1.52. The predicted molar refractivity (Wildman–Crippen MR) is 52.3 cm³/mol. The molecule has 70 valence electrons. The molecule has 0 bridgehead atoms. The quantitative estimate of drug-likeness (QED) is 0.715. The van der Waals surface area contributed by atoms with Crippen molar-refractivity contribution >= 4 is 11.5 Å². The zero-order valence-electron chi connectivity index (χ0n) is 7.70.